The third-order valence-corrected chi connectivity index (χ3v) is 7.40. The zero-order chi connectivity index (χ0) is 21.5. The van der Waals surface area contributed by atoms with Crippen LogP contribution < -0.4 is 14.5 Å². The topological polar surface area (TPSA) is 69.7 Å². The van der Waals surface area contributed by atoms with Gasteiger partial charge in [0.1, 0.15) is 0 Å². The number of hydrogen-bond acceptors (Lipinski definition) is 4. The van der Waals surface area contributed by atoms with Gasteiger partial charge in [-0.1, -0.05) is 6.92 Å². The maximum atomic E-state index is 12.7. The van der Waals surface area contributed by atoms with Gasteiger partial charge in [0.25, 0.3) is 5.91 Å². The van der Waals surface area contributed by atoms with Crippen LogP contribution in [-0.2, 0) is 16.4 Å². The summed E-state index contributed by atoms with van der Waals surface area (Å²) in [7, 11) is -3.33. The molecule has 1 saturated heterocycles. The third-order valence-electron chi connectivity index (χ3n) is 6.13. The van der Waals surface area contributed by atoms with Crippen molar-refractivity contribution >= 4 is 33.0 Å². The number of rotatable bonds is 4. The number of carbonyl (C=O) groups excluding carboxylic acids is 1. The Morgan fingerprint density at radius 2 is 1.70 bits per heavy atom. The van der Waals surface area contributed by atoms with E-state index in [1.165, 1.54) is 29.1 Å². The molecule has 0 radical (unpaired) electrons. The monoisotopic (exact) mass is 427 g/mol. The molecule has 1 atom stereocenters. The van der Waals surface area contributed by atoms with Crippen LogP contribution in [0, 0.1) is 5.92 Å². The van der Waals surface area contributed by atoms with E-state index in [-0.39, 0.29) is 11.9 Å². The molecule has 30 heavy (non-hydrogen) atoms. The Labute approximate surface area is 178 Å². The van der Waals surface area contributed by atoms with Crippen molar-refractivity contribution in [2.45, 2.75) is 39.2 Å². The second-order valence-electron chi connectivity index (χ2n) is 8.63. The van der Waals surface area contributed by atoms with E-state index >= 15 is 0 Å². The average Bonchev–Trinajstić information content (AvgIpc) is 3.04. The fraction of sp³-hybridized carbons (Fsp3) is 0.435. The van der Waals surface area contributed by atoms with Crippen molar-refractivity contribution in [1.82, 2.24) is 0 Å². The summed E-state index contributed by atoms with van der Waals surface area (Å²) in [6, 6.07) is 13.1. The summed E-state index contributed by atoms with van der Waals surface area (Å²) in [6.07, 6.45) is 4.25. The molecule has 0 aromatic heterocycles. The van der Waals surface area contributed by atoms with Crippen molar-refractivity contribution in [2.24, 2.45) is 5.92 Å². The molecule has 1 N–H and O–H groups in total. The highest BCUT2D eigenvalue weighted by molar-refractivity contribution is 7.92. The Kier molecular flexibility index (Phi) is 5.49. The highest BCUT2D eigenvalue weighted by Gasteiger charge is 2.32. The Morgan fingerprint density at radius 1 is 1.03 bits per heavy atom. The predicted molar refractivity (Wildman–Crippen MR) is 122 cm³/mol. The van der Waals surface area contributed by atoms with Crippen molar-refractivity contribution in [3.8, 4) is 0 Å². The van der Waals surface area contributed by atoms with Crippen LogP contribution in [0.25, 0.3) is 0 Å². The van der Waals surface area contributed by atoms with Gasteiger partial charge in [0.15, 0.2) is 0 Å². The Hall–Kier alpha value is -2.54. The summed E-state index contributed by atoms with van der Waals surface area (Å²) in [5, 5.41) is 2.95. The van der Waals surface area contributed by atoms with Crippen LogP contribution in [0.3, 0.4) is 0 Å². The number of nitrogens with zero attached hydrogens (tertiary/aromatic N) is 2. The molecule has 0 spiro atoms. The van der Waals surface area contributed by atoms with Crippen molar-refractivity contribution in [1.29, 1.82) is 0 Å². The number of fused-ring (bicyclic) bond motifs is 1. The molecular formula is C23H29N3O3S. The molecule has 4 rings (SSSR count). The van der Waals surface area contributed by atoms with Gasteiger partial charge in [-0.2, -0.15) is 0 Å². The Bertz CT molecular complexity index is 1040. The van der Waals surface area contributed by atoms with E-state index < -0.39 is 10.0 Å². The molecule has 0 saturated carbocycles. The minimum atomic E-state index is -3.33. The lowest BCUT2D eigenvalue weighted by Gasteiger charge is -2.32. The van der Waals surface area contributed by atoms with Crippen LogP contribution in [0.5, 0.6) is 0 Å². The van der Waals surface area contributed by atoms with Crippen molar-refractivity contribution in [3.63, 3.8) is 0 Å². The van der Waals surface area contributed by atoms with Gasteiger partial charge < -0.3 is 10.2 Å². The van der Waals surface area contributed by atoms with Gasteiger partial charge in [-0.05, 0) is 80.1 Å². The van der Waals surface area contributed by atoms with Crippen LogP contribution in [0.1, 0.15) is 42.6 Å². The van der Waals surface area contributed by atoms with Crippen LogP contribution in [0.2, 0.25) is 0 Å². The van der Waals surface area contributed by atoms with E-state index in [0.29, 0.717) is 17.7 Å². The lowest BCUT2D eigenvalue weighted by Crippen LogP contribution is -2.34. The van der Waals surface area contributed by atoms with E-state index in [0.717, 1.165) is 30.3 Å². The van der Waals surface area contributed by atoms with E-state index in [9.17, 15) is 13.2 Å². The average molecular weight is 428 g/mol. The minimum absolute atomic E-state index is 0.140. The molecule has 0 aliphatic carbocycles. The van der Waals surface area contributed by atoms with Gasteiger partial charge in [-0.25, -0.2) is 8.42 Å². The molecule has 2 aromatic carbocycles. The zero-order valence-corrected chi connectivity index (χ0v) is 18.6. The molecule has 2 aliphatic heterocycles. The van der Waals surface area contributed by atoms with Gasteiger partial charge in [-0.3, -0.25) is 9.10 Å². The van der Waals surface area contributed by atoms with E-state index in [1.54, 1.807) is 18.2 Å². The number of carbonyl (C=O) groups is 1. The summed E-state index contributed by atoms with van der Waals surface area (Å²) in [5.74, 6) is 0.599. The van der Waals surface area contributed by atoms with Gasteiger partial charge in [-0.15, -0.1) is 0 Å². The van der Waals surface area contributed by atoms with Crippen molar-refractivity contribution < 1.29 is 13.2 Å². The fourth-order valence-electron chi connectivity index (χ4n) is 4.47. The largest absolute Gasteiger partial charge is 0.372 e. The predicted octanol–water partition coefficient (Wildman–Crippen LogP) is 3.89. The summed E-state index contributed by atoms with van der Waals surface area (Å²) in [6.45, 7) is 6.33. The number of piperidine rings is 1. The summed E-state index contributed by atoms with van der Waals surface area (Å²) in [4.78, 5) is 15.1. The highest BCUT2D eigenvalue weighted by atomic mass is 32.2. The van der Waals surface area contributed by atoms with Crippen LogP contribution in [0.4, 0.5) is 17.1 Å². The first-order valence-electron chi connectivity index (χ1n) is 10.5. The SMILES string of the molecule is CC1CCN(c2ccc(NC(=O)c3ccc4c(c3)C[C@@H](C)N4S(C)(=O)=O)cc2)CC1. The van der Waals surface area contributed by atoms with E-state index in [4.69, 9.17) is 0 Å². The number of benzene rings is 2. The molecule has 6 nitrogen and oxygen atoms in total. The maximum absolute atomic E-state index is 12.7. The quantitative estimate of drug-likeness (QED) is 0.804. The van der Waals surface area contributed by atoms with Gasteiger partial charge >= 0.3 is 0 Å². The summed E-state index contributed by atoms with van der Waals surface area (Å²) < 4.78 is 25.6. The smallest absolute Gasteiger partial charge is 0.255 e. The van der Waals surface area contributed by atoms with E-state index in [1.807, 2.05) is 19.1 Å². The minimum Gasteiger partial charge on any atom is -0.372 e. The van der Waals surface area contributed by atoms with E-state index in [2.05, 4.69) is 29.3 Å². The first-order chi connectivity index (χ1) is 14.2. The fourth-order valence-corrected chi connectivity index (χ4v) is 5.74. The van der Waals surface area contributed by atoms with Crippen LogP contribution >= 0.6 is 0 Å². The van der Waals surface area contributed by atoms with Gasteiger partial charge in [0.2, 0.25) is 10.0 Å². The molecule has 2 aliphatic rings. The second kappa shape index (κ2) is 7.95. The van der Waals surface area contributed by atoms with Crippen LogP contribution in [-0.4, -0.2) is 39.7 Å². The molecular weight excluding hydrogens is 398 g/mol. The molecule has 2 aromatic rings. The third kappa shape index (κ3) is 4.17. The van der Waals surface area contributed by atoms with Crippen molar-refractivity contribution in [2.75, 3.05) is 33.9 Å². The molecule has 0 bridgehead atoms. The standard InChI is InChI=1S/C23H29N3O3S/c1-16-10-12-25(13-11-16)21-7-5-20(6-8-21)24-23(27)18-4-9-22-19(15-18)14-17(2)26(22)30(3,28)29/h4-9,15-17H,10-14H2,1-3H3,(H,24,27)/t17-/m1/s1. The zero-order valence-electron chi connectivity index (χ0n) is 17.8. The molecule has 2 heterocycles. The highest BCUT2D eigenvalue weighted by Crippen LogP contribution is 2.35. The molecule has 0 unspecified atom stereocenters. The lowest BCUT2D eigenvalue weighted by atomic mass is 9.99. The van der Waals surface area contributed by atoms with Crippen LogP contribution in [0.15, 0.2) is 42.5 Å². The Morgan fingerprint density at radius 3 is 2.33 bits per heavy atom. The summed E-state index contributed by atoms with van der Waals surface area (Å²) in [5.41, 5.74) is 4.02. The number of nitrogens with one attached hydrogen (secondary N) is 1. The number of anilines is 3. The maximum Gasteiger partial charge on any atom is 0.255 e. The first kappa shape index (κ1) is 20.7. The molecule has 160 valence electrons. The molecule has 1 amide bonds. The number of amides is 1. The molecule has 1 fully saturated rings. The number of hydrogen-bond donors (Lipinski definition) is 1. The first-order valence-corrected chi connectivity index (χ1v) is 12.4. The summed E-state index contributed by atoms with van der Waals surface area (Å²) >= 11 is 0. The lowest BCUT2D eigenvalue weighted by molar-refractivity contribution is 0.102. The second-order valence-corrected chi connectivity index (χ2v) is 10.5. The van der Waals surface area contributed by atoms with Gasteiger partial charge in [0.05, 0.1) is 11.9 Å². The molecule has 7 heteroatoms. The Balaban J connectivity index is 1.45. The number of sulfonamides is 1. The normalized spacial score (nSPS) is 19.6. The van der Waals surface area contributed by atoms with Crippen molar-refractivity contribution in [3.05, 3.63) is 53.6 Å². The van der Waals surface area contributed by atoms with Gasteiger partial charge in [0, 0.05) is 36.1 Å².